The van der Waals surface area contributed by atoms with Crippen LogP contribution in [-0.2, 0) is 6.54 Å². The molecule has 0 bridgehead atoms. The molecule has 6 rings (SSSR count). The number of fused-ring (bicyclic) bond motifs is 3. The number of hydrogen-bond acceptors (Lipinski definition) is 5. The molecule has 2 aliphatic heterocycles. The molecule has 0 aliphatic carbocycles. The maximum absolute atomic E-state index is 14.8. The lowest BCUT2D eigenvalue weighted by Crippen LogP contribution is -2.58. The maximum Gasteiger partial charge on any atom is 0.253 e. The Hall–Kier alpha value is -3.70. The van der Waals surface area contributed by atoms with Gasteiger partial charge in [-0.25, -0.2) is 13.8 Å². The van der Waals surface area contributed by atoms with Gasteiger partial charge in [-0.1, -0.05) is 12.1 Å². The van der Waals surface area contributed by atoms with Gasteiger partial charge in [-0.2, -0.15) is 0 Å². The van der Waals surface area contributed by atoms with E-state index < -0.39 is 11.6 Å². The van der Waals surface area contributed by atoms with E-state index in [4.69, 9.17) is 0 Å². The molecular weight excluding hydrogens is 611 g/mol. The smallest absolute Gasteiger partial charge is 0.253 e. The number of nitrogens with one attached hydrogen (secondary N) is 2. The minimum Gasteiger partial charge on any atom is -0.340 e. The molecular formula is C30H24F2IN5O. The molecule has 3 aromatic carbocycles. The number of likely N-dealkylation sites (tertiary alicyclic amines) is 1. The second-order valence-electron chi connectivity index (χ2n) is 9.58. The first-order chi connectivity index (χ1) is 18.9. The van der Waals surface area contributed by atoms with Crippen LogP contribution in [0.25, 0.3) is 11.1 Å². The van der Waals surface area contributed by atoms with E-state index in [0.717, 1.165) is 25.9 Å². The summed E-state index contributed by atoms with van der Waals surface area (Å²) in [6.07, 6.45) is 1.74. The Kier molecular flexibility index (Phi) is 6.86. The number of aromatic nitrogens is 1. The van der Waals surface area contributed by atoms with Gasteiger partial charge in [0.15, 0.2) is 0 Å². The molecule has 0 saturated carbocycles. The van der Waals surface area contributed by atoms with E-state index in [-0.39, 0.29) is 23.7 Å². The predicted molar refractivity (Wildman–Crippen MR) is 157 cm³/mol. The van der Waals surface area contributed by atoms with Crippen LogP contribution in [0.2, 0.25) is 0 Å². The molecule has 0 atom stereocenters. The first-order valence-electron chi connectivity index (χ1n) is 12.5. The average Bonchev–Trinajstić information content (AvgIpc) is 3.05. The standard InChI is InChI=1S/C30H24F2IN5O/c1-34-21-15-38(16-21)30(39)17-5-8-20(9-6-17)37-27-12-23-18(13-35-27)14-36-29(24-11-19(33)7-10-22(23)24)28-25(31)3-2-4-26(28)32/h2-13,21,34H,14-16H2,1H3,(H,35,37). The van der Waals surface area contributed by atoms with Crippen LogP contribution in [0.5, 0.6) is 0 Å². The van der Waals surface area contributed by atoms with E-state index in [9.17, 15) is 13.6 Å². The number of anilines is 2. The van der Waals surface area contributed by atoms with Crippen LogP contribution >= 0.6 is 22.6 Å². The highest BCUT2D eigenvalue weighted by atomic mass is 127. The first kappa shape index (κ1) is 25.6. The Balaban J connectivity index is 1.30. The van der Waals surface area contributed by atoms with Gasteiger partial charge in [-0.3, -0.25) is 9.79 Å². The molecule has 9 heteroatoms. The highest BCUT2D eigenvalue weighted by molar-refractivity contribution is 14.1. The lowest BCUT2D eigenvalue weighted by atomic mass is 9.92. The van der Waals surface area contributed by atoms with Crippen LogP contribution < -0.4 is 10.6 Å². The van der Waals surface area contributed by atoms with Crippen molar-refractivity contribution in [1.82, 2.24) is 15.2 Å². The molecule has 2 N–H and O–H groups in total. The third-order valence-corrected chi connectivity index (χ3v) is 7.77. The predicted octanol–water partition coefficient (Wildman–Crippen LogP) is 5.77. The van der Waals surface area contributed by atoms with Crippen molar-refractivity contribution in [2.24, 2.45) is 4.99 Å². The van der Waals surface area contributed by atoms with Crippen molar-refractivity contribution in [3.05, 3.63) is 110 Å². The molecule has 6 nitrogen and oxygen atoms in total. The fourth-order valence-corrected chi connectivity index (χ4v) is 5.41. The van der Waals surface area contributed by atoms with Gasteiger partial charge in [0.05, 0.1) is 17.8 Å². The molecule has 3 heterocycles. The highest BCUT2D eigenvalue weighted by Crippen LogP contribution is 2.36. The molecule has 1 amide bonds. The number of pyridine rings is 1. The van der Waals surface area contributed by atoms with Gasteiger partial charge in [0.25, 0.3) is 5.91 Å². The Bertz CT molecular complexity index is 1600. The molecule has 1 saturated heterocycles. The van der Waals surface area contributed by atoms with Crippen LogP contribution in [0.1, 0.15) is 27.0 Å². The van der Waals surface area contributed by atoms with E-state index in [2.05, 4.69) is 43.2 Å². The second kappa shape index (κ2) is 10.5. The van der Waals surface area contributed by atoms with Crippen molar-refractivity contribution >= 4 is 45.7 Å². The van der Waals surface area contributed by atoms with Gasteiger partial charge in [-0.15, -0.1) is 0 Å². The molecule has 39 heavy (non-hydrogen) atoms. The quantitative estimate of drug-likeness (QED) is 0.274. The monoisotopic (exact) mass is 635 g/mol. The molecule has 0 radical (unpaired) electrons. The third kappa shape index (κ3) is 4.92. The minimum absolute atomic E-state index is 0.0181. The zero-order chi connectivity index (χ0) is 27.1. The molecule has 1 aromatic heterocycles. The number of aliphatic imine (C=N–C) groups is 1. The van der Waals surface area contributed by atoms with E-state index in [0.29, 0.717) is 36.1 Å². The summed E-state index contributed by atoms with van der Waals surface area (Å²) >= 11 is 2.19. The minimum atomic E-state index is -0.650. The van der Waals surface area contributed by atoms with E-state index in [1.165, 1.54) is 18.2 Å². The molecule has 2 aliphatic rings. The van der Waals surface area contributed by atoms with Gasteiger partial charge < -0.3 is 15.5 Å². The summed E-state index contributed by atoms with van der Waals surface area (Å²) in [6, 6.07) is 19.3. The van der Waals surface area contributed by atoms with E-state index in [1.54, 1.807) is 18.3 Å². The van der Waals surface area contributed by atoms with Crippen molar-refractivity contribution in [1.29, 1.82) is 0 Å². The molecule has 0 unspecified atom stereocenters. The van der Waals surface area contributed by atoms with Crippen LogP contribution in [0.4, 0.5) is 20.3 Å². The number of benzene rings is 3. The summed E-state index contributed by atoms with van der Waals surface area (Å²) in [5.41, 5.74) is 4.81. The number of carbonyl (C=O) groups excluding carboxylic acids is 1. The summed E-state index contributed by atoms with van der Waals surface area (Å²) in [4.78, 5) is 23.7. The van der Waals surface area contributed by atoms with Crippen molar-refractivity contribution in [2.45, 2.75) is 12.6 Å². The third-order valence-electron chi connectivity index (χ3n) is 7.10. The molecule has 1 fully saturated rings. The maximum atomic E-state index is 14.8. The fourth-order valence-electron chi connectivity index (χ4n) is 4.92. The zero-order valence-electron chi connectivity index (χ0n) is 21.0. The van der Waals surface area contributed by atoms with Crippen molar-refractivity contribution in [2.75, 3.05) is 25.5 Å². The lowest BCUT2D eigenvalue weighted by molar-refractivity contribution is 0.0577. The SMILES string of the molecule is CNC1CN(C(=O)c2ccc(Nc3cc4c(cn3)CN=C(c3c(F)cccc3F)c3cc(I)ccc3-4)cc2)C1. The van der Waals surface area contributed by atoms with Crippen molar-refractivity contribution in [3.8, 4) is 11.1 Å². The average molecular weight is 635 g/mol. The van der Waals surface area contributed by atoms with Crippen LogP contribution in [0.3, 0.4) is 0 Å². The summed E-state index contributed by atoms with van der Waals surface area (Å²) in [6.45, 7) is 1.66. The Morgan fingerprint density at radius 3 is 2.44 bits per heavy atom. The number of likely N-dealkylation sites (N-methyl/N-ethyl adjacent to an activating group) is 1. The zero-order valence-corrected chi connectivity index (χ0v) is 23.2. The number of nitrogens with zero attached hydrogens (tertiary/aromatic N) is 3. The first-order valence-corrected chi connectivity index (χ1v) is 13.6. The van der Waals surface area contributed by atoms with Crippen molar-refractivity contribution in [3.63, 3.8) is 0 Å². The van der Waals surface area contributed by atoms with Crippen LogP contribution in [0, 0.1) is 15.2 Å². The molecule has 0 spiro atoms. The van der Waals surface area contributed by atoms with Crippen molar-refractivity contribution < 1.29 is 13.6 Å². The Morgan fingerprint density at radius 1 is 0.974 bits per heavy atom. The van der Waals surface area contributed by atoms with Gasteiger partial charge in [0, 0.05) is 45.7 Å². The Labute approximate surface area is 238 Å². The summed E-state index contributed by atoms with van der Waals surface area (Å²) < 4.78 is 30.5. The Morgan fingerprint density at radius 2 is 1.72 bits per heavy atom. The number of amides is 1. The summed E-state index contributed by atoms with van der Waals surface area (Å²) in [5.74, 6) is -0.673. The van der Waals surface area contributed by atoms with E-state index >= 15 is 0 Å². The number of hydrogen-bond donors (Lipinski definition) is 2. The molecule has 4 aromatic rings. The van der Waals surface area contributed by atoms with Gasteiger partial charge >= 0.3 is 0 Å². The summed E-state index contributed by atoms with van der Waals surface area (Å²) in [5, 5.41) is 6.48. The second-order valence-corrected chi connectivity index (χ2v) is 10.8. The largest absolute Gasteiger partial charge is 0.340 e. The number of rotatable bonds is 5. The normalized spacial score (nSPS) is 14.6. The lowest BCUT2D eigenvalue weighted by Gasteiger charge is -2.39. The van der Waals surface area contributed by atoms with E-state index in [1.807, 2.05) is 48.3 Å². The fraction of sp³-hybridized carbons (Fsp3) is 0.167. The number of carbonyl (C=O) groups is 1. The summed E-state index contributed by atoms with van der Waals surface area (Å²) in [7, 11) is 1.90. The van der Waals surface area contributed by atoms with Crippen LogP contribution in [-0.4, -0.2) is 47.7 Å². The topological polar surface area (TPSA) is 69.6 Å². The van der Waals surface area contributed by atoms with Gasteiger partial charge in [-0.05, 0) is 101 Å². The highest BCUT2D eigenvalue weighted by Gasteiger charge is 2.30. The number of halogens is 3. The van der Waals surface area contributed by atoms with Gasteiger partial charge in [0.1, 0.15) is 17.5 Å². The van der Waals surface area contributed by atoms with Crippen LogP contribution in [0.15, 0.2) is 77.9 Å². The van der Waals surface area contributed by atoms with Gasteiger partial charge in [0.2, 0.25) is 0 Å². The molecule has 196 valence electrons.